The highest BCUT2D eigenvalue weighted by atomic mass is 16.3. The molecule has 0 aromatic heterocycles. The molecule has 0 radical (unpaired) electrons. The molecule has 0 rings (SSSR count). The molecule has 0 spiro atoms. The highest BCUT2D eigenvalue weighted by Crippen LogP contribution is 2.17. The lowest BCUT2D eigenvalue weighted by Gasteiger charge is -2.21. The van der Waals surface area contributed by atoms with Crippen molar-refractivity contribution >= 4 is 5.91 Å². The van der Waals surface area contributed by atoms with Crippen molar-refractivity contribution in [3.8, 4) is 0 Å². The fourth-order valence-corrected chi connectivity index (χ4v) is 8.42. The van der Waals surface area contributed by atoms with Crippen molar-refractivity contribution in [2.45, 2.75) is 308 Å². The number of unbranched alkanes of at least 4 members (excludes halogenated alkanes) is 38. The second-order valence-corrected chi connectivity index (χ2v) is 18.5. The molecule has 0 aromatic rings. The van der Waals surface area contributed by atoms with E-state index >= 15 is 0 Å². The van der Waals surface area contributed by atoms with Gasteiger partial charge in [0.1, 0.15) is 0 Å². The van der Waals surface area contributed by atoms with Crippen LogP contribution in [0.15, 0.2) is 24.3 Å². The molecule has 0 saturated carbocycles. The van der Waals surface area contributed by atoms with Crippen LogP contribution in [-0.4, -0.2) is 46.1 Å². The van der Waals surface area contributed by atoms with Gasteiger partial charge in [0.2, 0.25) is 5.91 Å². The van der Waals surface area contributed by atoms with Crippen LogP contribution in [0.4, 0.5) is 0 Å². The molecule has 350 valence electrons. The third kappa shape index (κ3) is 46.2. The van der Waals surface area contributed by atoms with E-state index in [4.69, 9.17) is 0 Å². The summed E-state index contributed by atoms with van der Waals surface area (Å²) in [5.74, 6) is -0.320. The van der Waals surface area contributed by atoms with Crippen molar-refractivity contribution < 1.29 is 20.1 Å². The maximum atomic E-state index is 12.5. The Balaban J connectivity index is 3.61. The number of carbonyl (C=O) groups excluding carboxylic acids is 1. The fourth-order valence-electron chi connectivity index (χ4n) is 8.42. The molecule has 59 heavy (non-hydrogen) atoms. The number of carbonyl (C=O) groups is 1. The van der Waals surface area contributed by atoms with Crippen LogP contribution in [0.1, 0.15) is 290 Å². The van der Waals surface area contributed by atoms with E-state index < -0.39 is 18.2 Å². The summed E-state index contributed by atoms with van der Waals surface area (Å²) in [6.07, 6.45) is 62.1. The average molecular weight is 832 g/mol. The third-order valence-corrected chi connectivity index (χ3v) is 12.5. The molecule has 3 atom stereocenters. The first-order valence-corrected chi connectivity index (χ1v) is 26.6. The fraction of sp³-hybridized carbons (Fsp3) is 0.907. The normalized spacial score (nSPS) is 13.5. The van der Waals surface area contributed by atoms with Crippen molar-refractivity contribution in [2.24, 2.45) is 0 Å². The molecule has 1 amide bonds. The van der Waals surface area contributed by atoms with Gasteiger partial charge in [-0.05, 0) is 32.1 Å². The Labute approximate surface area is 369 Å². The standard InChI is InChI=1S/C54H105NO4/c1-3-5-7-9-11-13-15-17-19-21-23-25-26-27-28-30-32-34-36-38-40-42-44-46-48-53(58)52(50-56)55-54(59)49-51(57)47-45-43-41-39-37-35-33-31-29-24-22-20-18-16-14-12-10-8-6-4-2/h38,40,46,48,51-53,56-58H,3-37,39,41-45,47,49-50H2,1-2H3,(H,55,59)/b40-38+,48-46+. The van der Waals surface area contributed by atoms with Gasteiger partial charge < -0.3 is 20.6 Å². The van der Waals surface area contributed by atoms with Gasteiger partial charge in [-0.2, -0.15) is 0 Å². The van der Waals surface area contributed by atoms with Crippen molar-refractivity contribution in [3.63, 3.8) is 0 Å². The monoisotopic (exact) mass is 832 g/mol. The van der Waals surface area contributed by atoms with Crippen LogP contribution in [0.2, 0.25) is 0 Å². The zero-order valence-corrected chi connectivity index (χ0v) is 39.9. The Morgan fingerprint density at radius 3 is 1.08 bits per heavy atom. The van der Waals surface area contributed by atoms with Gasteiger partial charge >= 0.3 is 0 Å². The van der Waals surface area contributed by atoms with Crippen LogP contribution < -0.4 is 5.32 Å². The first-order valence-electron chi connectivity index (χ1n) is 26.6. The van der Waals surface area contributed by atoms with Crippen molar-refractivity contribution in [2.75, 3.05) is 6.61 Å². The molecule has 0 heterocycles. The summed E-state index contributed by atoms with van der Waals surface area (Å²) in [6.45, 7) is 4.24. The SMILES string of the molecule is CCCCCCCCCCCCCCCCCCCC/C=C/CC/C=C/C(O)C(CO)NC(=O)CC(O)CCCCCCCCCCCCCCCCCCCCCC. The molecule has 0 fully saturated rings. The van der Waals surface area contributed by atoms with E-state index in [0.29, 0.717) is 6.42 Å². The summed E-state index contributed by atoms with van der Waals surface area (Å²) < 4.78 is 0. The van der Waals surface area contributed by atoms with Gasteiger partial charge in [-0.15, -0.1) is 0 Å². The molecule has 5 heteroatoms. The lowest BCUT2D eigenvalue weighted by atomic mass is 10.0. The molecule has 0 bridgehead atoms. The molecular weight excluding hydrogens is 727 g/mol. The number of hydrogen-bond donors (Lipinski definition) is 4. The Morgan fingerprint density at radius 1 is 0.424 bits per heavy atom. The summed E-state index contributed by atoms with van der Waals surface area (Å²) in [6, 6.07) is -0.759. The van der Waals surface area contributed by atoms with E-state index in [0.717, 1.165) is 32.1 Å². The van der Waals surface area contributed by atoms with Gasteiger partial charge in [0.15, 0.2) is 0 Å². The Kier molecular flexibility index (Phi) is 48.5. The van der Waals surface area contributed by atoms with Crippen LogP contribution >= 0.6 is 0 Å². The maximum absolute atomic E-state index is 12.5. The zero-order valence-electron chi connectivity index (χ0n) is 39.9. The van der Waals surface area contributed by atoms with E-state index in [1.54, 1.807) is 6.08 Å². The van der Waals surface area contributed by atoms with Crippen molar-refractivity contribution in [1.29, 1.82) is 0 Å². The van der Waals surface area contributed by atoms with Crippen LogP contribution in [0.25, 0.3) is 0 Å². The molecule has 5 nitrogen and oxygen atoms in total. The van der Waals surface area contributed by atoms with E-state index in [2.05, 4.69) is 31.3 Å². The number of aliphatic hydroxyl groups excluding tert-OH is 3. The largest absolute Gasteiger partial charge is 0.394 e. The van der Waals surface area contributed by atoms with Gasteiger partial charge in [-0.3, -0.25) is 4.79 Å². The Morgan fingerprint density at radius 2 is 0.729 bits per heavy atom. The molecule has 0 aromatic carbocycles. The first-order chi connectivity index (χ1) is 29.0. The van der Waals surface area contributed by atoms with Crippen LogP contribution in [0, 0.1) is 0 Å². The minimum Gasteiger partial charge on any atom is -0.394 e. The predicted octanol–water partition coefficient (Wildman–Crippen LogP) is 16.1. The third-order valence-electron chi connectivity index (χ3n) is 12.5. The molecule has 4 N–H and O–H groups in total. The van der Waals surface area contributed by atoms with Crippen molar-refractivity contribution in [3.05, 3.63) is 24.3 Å². The second-order valence-electron chi connectivity index (χ2n) is 18.5. The Bertz CT molecular complexity index is 874. The van der Waals surface area contributed by atoms with Crippen LogP contribution in [0.3, 0.4) is 0 Å². The average Bonchev–Trinajstić information content (AvgIpc) is 3.23. The summed E-state index contributed by atoms with van der Waals surface area (Å²) >= 11 is 0. The number of nitrogens with one attached hydrogen (secondary N) is 1. The van der Waals surface area contributed by atoms with E-state index in [1.807, 2.05) is 6.08 Å². The Hall–Kier alpha value is -1.17. The van der Waals surface area contributed by atoms with E-state index in [1.165, 1.54) is 231 Å². The lowest BCUT2D eigenvalue weighted by molar-refractivity contribution is -0.124. The predicted molar refractivity (Wildman–Crippen MR) is 259 cm³/mol. The van der Waals surface area contributed by atoms with E-state index in [9.17, 15) is 20.1 Å². The molecule has 0 aliphatic carbocycles. The molecular formula is C54H105NO4. The van der Waals surface area contributed by atoms with Gasteiger partial charge in [0, 0.05) is 0 Å². The number of amides is 1. The summed E-state index contributed by atoms with van der Waals surface area (Å²) in [5, 5.41) is 33.4. The zero-order chi connectivity index (χ0) is 43.0. The summed E-state index contributed by atoms with van der Waals surface area (Å²) in [4.78, 5) is 12.5. The summed E-state index contributed by atoms with van der Waals surface area (Å²) in [5.41, 5.74) is 0. The van der Waals surface area contributed by atoms with Crippen LogP contribution in [-0.2, 0) is 4.79 Å². The lowest BCUT2D eigenvalue weighted by Crippen LogP contribution is -2.45. The quantitative estimate of drug-likeness (QED) is 0.0363. The second kappa shape index (κ2) is 49.5. The number of allylic oxidation sites excluding steroid dienone is 3. The number of hydrogen-bond acceptors (Lipinski definition) is 4. The number of rotatable bonds is 49. The summed E-state index contributed by atoms with van der Waals surface area (Å²) in [7, 11) is 0. The highest BCUT2D eigenvalue weighted by Gasteiger charge is 2.20. The molecule has 0 saturated heterocycles. The van der Waals surface area contributed by atoms with Crippen molar-refractivity contribution in [1.82, 2.24) is 5.32 Å². The maximum Gasteiger partial charge on any atom is 0.222 e. The highest BCUT2D eigenvalue weighted by molar-refractivity contribution is 5.76. The number of aliphatic hydroxyl groups is 3. The van der Waals surface area contributed by atoms with Gasteiger partial charge in [0.25, 0.3) is 0 Å². The molecule has 0 aliphatic heterocycles. The van der Waals surface area contributed by atoms with Crippen LogP contribution in [0.5, 0.6) is 0 Å². The smallest absolute Gasteiger partial charge is 0.222 e. The molecule has 0 aliphatic rings. The minimum atomic E-state index is -0.950. The minimum absolute atomic E-state index is 0.0102. The van der Waals surface area contributed by atoms with Gasteiger partial charge in [-0.25, -0.2) is 0 Å². The first kappa shape index (κ1) is 57.8. The van der Waals surface area contributed by atoms with E-state index in [-0.39, 0.29) is 18.9 Å². The molecule has 3 unspecified atom stereocenters. The topological polar surface area (TPSA) is 89.8 Å². The van der Waals surface area contributed by atoms with Gasteiger partial charge in [0.05, 0.1) is 31.3 Å². The van der Waals surface area contributed by atoms with Gasteiger partial charge in [-0.1, -0.05) is 276 Å².